The number of halogens is 1. The average molecular weight is 494 g/mol. The van der Waals surface area contributed by atoms with Crippen LogP contribution in [0.4, 0.5) is 0 Å². The third-order valence-corrected chi connectivity index (χ3v) is 5.69. The molecule has 138 valence electrons. The summed E-state index contributed by atoms with van der Waals surface area (Å²) in [5, 5.41) is 6.29. The van der Waals surface area contributed by atoms with Crippen molar-refractivity contribution in [2.24, 2.45) is 4.99 Å². The molecule has 0 saturated carbocycles. The maximum atomic E-state index is 12.1. The highest BCUT2D eigenvalue weighted by atomic mass is 127. The summed E-state index contributed by atoms with van der Waals surface area (Å²) in [5.41, 5.74) is 0. The van der Waals surface area contributed by atoms with Crippen LogP contribution in [0.15, 0.2) is 52.4 Å². The Morgan fingerprint density at radius 2 is 1.80 bits per heavy atom. The molecule has 2 rings (SSSR count). The highest BCUT2D eigenvalue weighted by Crippen LogP contribution is 2.14. The maximum Gasteiger partial charge on any atom is 0.240 e. The van der Waals surface area contributed by atoms with E-state index in [0.29, 0.717) is 19.0 Å². The number of benzene rings is 1. The predicted molar refractivity (Wildman–Crippen MR) is 114 cm³/mol. The minimum absolute atomic E-state index is 0. The van der Waals surface area contributed by atoms with Crippen molar-refractivity contribution in [3.8, 4) is 0 Å². The summed E-state index contributed by atoms with van der Waals surface area (Å²) in [7, 11) is -1.78. The molecule has 0 saturated heterocycles. The lowest BCUT2D eigenvalue weighted by Gasteiger charge is -2.12. The van der Waals surface area contributed by atoms with E-state index in [-0.39, 0.29) is 35.4 Å². The van der Waals surface area contributed by atoms with Gasteiger partial charge in [-0.25, -0.2) is 13.1 Å². The van der Waals surface area contributed by atoms with Crippen LogP contribution in [-0.4, -0.2) is 34.5 Å². The van der Waals surface area contributed by atoms with Crippen LogP contribution in [0.25, 0.3) is 0 Å². The van der Waals surface area contributed by atoms with Gasteiger partial charge in [-0.3, -0.25) is 4.99 Å². The van der Waals surface area contributed by atoms with E-state index in [0.717, 1.165) is 0 Å². The Morgan fingerprint density at radius 1 is 1.08 bits per heavy atom. The monoisotopic (exact) mass is 494 g/mol. The van der Waals surface area contributed by atoms with Crippen LogP contribution in [0.5, 0.6) is 0 Å². The predicted octanol–water partition coefficient (Wildman–Crippen LogP) is 2.32. The van der Waals surface area contributed by atoms with Crippen molar-refractivity contribution in [1.29, 1.82) is 0 Å². The molecule has 0 aliphatic carbocycles. The molecule has 0 amide bonds. The number of aryl methyl sites for hydroxylation is 1. The van der Waals surface area contributed by atoms with Crippen LogP contribution in [-0.2, 0) is 16.6 Å². The van der Waals surface area contributed by atoms with E-state index in [1.165, 1.54) is 9.75 Å². The maximum absolute atomic E-state index is 12.1. The first-order valence-corrected chi connectivity index (χ1v) is 9.86. The summed E-state index contributed by atoms with van der Waals surface area (Å²) < 4.78 is 26.7. The van der Waals surface area contributed by atoms with Gasteiger partial charge in [-0.2, -0.15) is 0 Å². The Bertz CT molecular complexity index is 776. The lowest BCUT2D eigenvalue weighted by atomic mass is 10.4. The number of thiophene rings is 1. The molecule has 0 radical (unpaired) electrons. The van der Waals surface area contributed by atoms with E-state index in [4.69, 9.17) is 0 Å². The van der Waals surface area contributed by atoms with Crippen LogP contribution < -0.4 is 15.4 Å². The minimum Gasteiger partial charge on any atom is -0.355 e. The molecule has 0 unspecified atom stereocenters. The van der Waals surface area contributed by atoms with Crippen molar-refractivity contribution in [3.63, 3.8) is 0 Å². The van der Waals surface area contributed by atoms with E-state index in [9.17, 15) is 8.42 Å². The van der Waals surface area contributed by atoms with Crippen molar-refractivity contribution in [2.45, 2.75) is 18.4 Å². The first-order valence-electron chi connectivity index (χ1n) is 7.56. The van der Waals surface area contributed by atoms with E-state index in [1.54, 1.807) is 48.7 Å². The SMILES string of the molecule is CN=C(NCCNS(=O)(=O)c1ccccc1)NCc1ccc(C)s1.I. The number of rotatable bonds is 7. The average Bonchev–Trinajstić information content (AvgIpc) is 3.00. The molecule has 0 atom stereocenters. The number of nitrogens with zero attached hydrogens (tertiary/aromatic N) is 1. The number of nitrogens with one attached hydrogen (secondary N) is 3. The van der Waals surface area contributed by atoms with Gasteiger partial charge in [0.05, 0.1) is 11.4 Å². The smallest absolute Gasteiger partial charge is 0.240 e. The first kappa shape index (κ1) is 21.9. The van der Waals surface area contributed by atoms with Crippen LogP contribution in [0.2, 0.25) is 0 Å². The van der Waals surface area contributed by atoms with Gasteiger partial charge in [-0.15, -0.1) is 35.3 Å². The van der Waals surface area contributed by atoms with E-state index < -0.39 is 10.0 Å². The summed E-state index contributed by atoms with van der Waals surface area (Å²) in [6, 6.07) is 12.5. The molecular weight excluding hydrogens is 471 g/mol. The van der Waals surface area contributed by atoms with Gasteiger partial charge in [-0.1, -0.05) is 18.2 Å². The van der Waals surface area contributed by atoms with Gasteiger partial charge in [0.1, 0.15) is 0 Å². The van der Waals surface area contributed by atoms with Crippen molar-refractivity contribution in [2.75, 3.05) is 20.1 Å². The third kappa shape index (κ3) is 7.30. The largest absolute Gasteiger partial charge is 0.355 e. The number of hydrogen-bond acceptors (Lipinski definition) is 4. The van der Waals surface area contributed by atoms with Gasteiger partial charge in [0.2, 0.25) is 10.0 Å². The Kier molecular flexibility index (Phi) is 9.39. The molecule has 0 fully saturated rings. The van der Waals surface area contributed by atoms with Crippen LogP contribution in [0.1, 0.15) is 9.75 Å². The van der Waals surface area contributed by atoms with Gasteiger partial charge >= 0.3 is 0 Å². The molecule has 2 aromatic rings. The first-order chi connectivity index (χ1) is 11.5. The zero-order valence-corrected chi connectivity index (χ0v) is 18.1. The van der Waals surface area contributed by atoms with Crippen LogP contribution >= 0.6 is 35.3 Å². The summed E-state index contributed by atoms with van der Waals surface area (Å²) in [4.78, 5) is 6.88. The summed E-state index contributed by atoms with van der Waals surface area (Å²) >= 11 is 1.73. The Balaban J connectivity index is 0.00000312. The topological polar surface area (TPSA) is 82.6 Å². The molecule has 1 heterocycles. The van der Waals surface area contributed by atoms with Crippen molar-refractivity contribution in [3.05, 3.63) is 52.2 Å². The van der Waals surface area contributed by atoms with Crippen molar-refractivity contribution >= 4 is 51.3 Å². The standard InChI is InChI=1S/C16H22N4O2S2.HI/c1-13-8-9-14(23-13)12-19-16(17-2)18-10-11-20-24(21,22)15-6-4-3-5-7-15;/h3-9,20H,10-12H2,1-2H3,(H2,17,18,19);1H. The molecule has 6 nitrogen and oxygen atoms in total. The highest BCUT2D eigenvalue weighted by Gasteiger charge is 2.12. The molecule has 1 aromatic heterocycles. The molecule has 3 N–H and O–H groups in total. The van der Waals surface area contributed by atoms with E-state index >= 15 is 0 Å². The number of guanidine groups is 1. The fraction of sp³-hybridized carbons (Fsp3) is 0.312. The lowest BCUT2D eigenvalue weighted by molar-refractivity contribution is 0.580. The molecule has 1 aromatic carbocycles. The van der Waals surface area contributed by atoms with Crippen molar-refractivity contribution in [1.82, 2.24) is 15.4 Å². The Labute approximate surface area is 170 Å². The second kappa shape index (κ2) is 10.7. The minimum atomic E-state index is -3.47. The second-order valence-corrected chi connectivity index (χ2v) is 8.22. The van der Waals surface area contributed by atoms with E-state index in [2.05, 4.69) is 39.4 Å². The molecule has 0 spiro atoms. The zero-order valence-electron chi connectivity index (χ0n) is 14.2. The molecule has 0 aliphatic rings. The number of hydrogen-bond donors (Lipinski definition) is 3. The molecule has 9 heteroatoms. The van der Waals surface area contributed by atoms with Crippen LogP contribution in [0, 0.1) is 6.92 Å². The number of sulfonamides is 1. The summed E-state index contributed by atoms with van der Waals surface area (Å²) in [5.74, 6) is 0.639. The molecule has 0 aliphatic heterocycles. The fourth-order valence-corrected chi connectivity index (χ4v) is 3.90. The lowest BCUT2D eigenvalue weighted by Crippen LogP contribution is -2.41. The van der Waals surface area contributed by atoms with Gasteiger partial charge in [0.15, 0.2) is 5.96 Å². The quantitative estimate of drug-likeness (QED) is 0.239. The van der Waals surface area contributed by atoms with Gasteiger partial charge in [-0.05, 0) is 31.2 Å². The highest BCUT2D eigenvalue weighted by molar-refractivity contribution is 14.0. The van der Waals surface area contributed by atoms with Gasteiger partial charge < -0.3 is 10.6 Å². The molecular formula is C16H23IN4O2S2. The Morgan fingerprint density at radius 3 is 2.40 bits per heavy atom. The van der Waals surface area contributed by atoms with E-state index in [1.807, 2.05) is 0 Å². The number of aliphatic imine (C=N–C) groups is 1. The van der Waals surface area contributed by atoms with Gasteiger partial charge in [0.25, 0.3) is 0 Å². The van der Waals surface area contributed by atoms with Gasteiger partial charge in [0, 0.05) is 29.9 Å². The van der Waals surface area contributed by atoms with Crippen molar-refractivity contribution < 1.29 is 8.42 Å². The Hall–Kier alpha value is -1.17. The molecule has 25 heavy (non-hydrogen) atoms. The summed E-state index contributed by atoms with van der Waals surface area (Å²) in [6.07, 6.45) is 0. The molecule has 0 bridgehead atoms. The zero-order chi connectivity index (χ0) is 17.4. The summed E-state index contributed by atoms with van der Waals surface area (Å²) in [6.45, 7) is 3.47. The fourth-order valence-electron chi connectivity index (χ4n) is 2.02. The van der Waals surface area contributed by atoms with Crippen LogP contribution in [0.3, 0.4) is 0 Å². The normalized spacial score (nSPS) is 11.7. The second-order valence-electron chi connectivity index (χ2n) is 5.08. The third-order valence-electron chi connectivity index (χ3n) is 3.21.